The number of halogens is 1. The second-order valence-corrected chi connectivity index (χ2v) is 7.12. The Hall–Kier alpha value is -2.60. The Labute approximate surface area is 158 Å². The van der Waals surface area contributed by atoms with Gasteiger partial charge in [0.05, 0.1) is 12.6 Å². The number of amides is 2. The minimum Gasteiger partial charge on any atom is -0.462 e. The monoisotopic (exact) mass is 370 g/mol. The molecule has 0 aliphatic carbocycles. The molecule has 6 heteroatoms. The molecular formula is C21H23FN2O3. The normalized spacial score (nSPS) is 19.1. The fourth-order valence-corrected chi connectivity index (χ4v) is 3.60. The molecule has 1 atom stereocenters. The number of fused-ring (bicyclic) bond motifs is 1. The SMILES string of the molecule is C[C@H](NC(=O)N1CCC2(CC1)OCc1cc(F)ccc1O2)c1ccccc1. The fourth-order valence-electron chi connectivity index (χ4n) is 3.60. The molecule has 2 aliphatic heterocycles. The van der Waals surface area contributed by atoms with Gasteiger partial charge in [0, 0.05) is 31.5 Å². The van der Waals surface area contributed by atoms with Gasteiger partial charge in [-0.3, -0.25) is 0 Å². The Morgan fingerprint density at radius 3 is 2.67 bits per heavy atom. The molecule has 0 saturated carbocycles. The average Bonchev–Trinajstić information content (AvgIpc) is 2.69. The van der Waals surface area contributed by atoms with Gasteiger partial charge in [-0.15, -0.1) is 0 Å². The number of carbonyl (C=O) groups excluding carboxylic acids is 1. The van der Waals surface area contributed by atoms with Crippen molar-refractivity contribution in [3.8, 4) is 5.75 Å². The summed E-state index contributed by atoms with van der Waals surface area (Å²) in [5.41, 5.74) is 1.79. The first-order valence-electron chi connectivity index (χ1n) is 9.26. The molecule has 0 unspecified atom stereocenters. The molecule has 2 aliphatic rings. The molecule has 1 spiro atoms. The van der Waals surface area contributed by atoms with Crippen molar-refractivity contribution < 1.29 is 18.7 Å². The molecule has 1 N–H and O–H groups in total. The summed E-state index contributed by atoms with van der Waals surface area (Å²) in [7, 11) is 0. The van der Waals surface area contributed by atoms with Crippen LogP contribution in [0.15, 0.2) is 48.5 Å². The molecule has 2 aromatic rings. The van der Waals surface area contributed by atoms with E-state index >= 15 is 0 Å². The number of rotatable bonds is 2. The number of nitrogens with zero attached hydrogens (tertiary/aromatic N) is 1. The van der Waals surface area contributed by atoms with E-state index in [4.69, 9.17) is 9.47 Å². The standard InChI is InChI=1S/C21H23FN2O3/c1-15(16-5-3-2-4-6-16)23-20(25)24-11-9-21(10-12-24)26-14-17-13-18(22)7-8-19(17)27-21/h2-8,13,15H,9-12,14H2,1H3,(H,23,25)/t15-/m0/s1. The van der Waals surface area contributed by atoms with Crippen molar-refractivity contribution in [3.05, 3.63) is 65.5 Å². The van der Waals surface area contributed by atoms with E-state index in [0.717, 1.165) is 11.1 Å². The van der Waals surface area contributed by atoms with Gasteiger partial charge in [0.15, 0.2) is 0 Å². The van der Waals surface area contributed by atoms with Gasteiger partial charge in [0.2, 0.25) is 5.79 Å². The second-order valence-electron chi connectivity index (χ2n) is 7.12. The number of piperidine rings is 1. The van der Waals surface area contributed by atoms with E-state index in [2.05, 4.69) is 5.32 Å². The summed E-state index contributed by atoms with van der Waals surface area (Å²) in [6, 6.07) is 14.2. The van der Waals surface area contributed by atoms with Crippen LogP contribution < -0.4 is 10.1 Å². The van der Waals surface area contributed by atoms with E-state index < -0.39 is 5.79 Å². The Balaban J connectivity index is 1.35. The van der Waals surface area contributed by atoms with Gasteiger partial charge in [-0.1, -0.05) is 30.3 Å². The lowest BCUT2D eigenvalue weighted by molar-refractivity contribution is -0.225. The first-order valence-corrected chi connectivity index (χ1v) is 9.26. The van der Waals surface area contributed by atoms with Gasteiger partial charge in [-0.2, -0.15) is 0 Å². The van der Waals surface area contributed by atoms with Crippen LogP contribution in [0, 0.1) is 5.82 Å². The van der Waals surface area contributed by atoms with Gasteiger partial charge >= 0.3 is 6.03 Å². The largest absolute Gasteiger partial charge is 0.462 e. The van der Waals surface area contributed by atoms with E-state index in [1.165, 1.54) is 12.1 Å². The van der Waals surface area contributed by atoms with Crippen LogP contribution in [0.5, 0.6) is 5.75 Å². The highest BCUT2D eigenvalue weighted by Crippen LogP contribution is 2.37. The maximum atomic E-state index is 13.3. The number of nitrogens with one attached hydrogen (secondary N) is 1. The maximum absolute atomic E-state index is 13.3. The van der Waals surface area contributed by atoms with Crippen molar-refractivity contribution in [2.24, 2.45) is 0 Å². The van der Waals surface area contributed by atoms with Gasteiger partial charge in [0.25, 0.3) is 0 Å². The van der Waals surface area contributed by atoms with Crippen molar-refractivity contribution in [1.29, 1.82) is 0 Å². The number of likely N-dealkylation sites (tertiary alicyclic amines) is 1. The zero-order valence-electron chi connectivity index (χ0n) is 15.3. The summed E-state index contributed by atoms with van der Waals surface area (Å²) in [4.78, 5) is 14.4. The number of hydrogen-bond acceptors (Lipinski definition) is 3. The summed E-state index contributed by atoms with van der Waals surface area (Å²) in [6.07, 6.45) is 1.16. The smallest absolute Gasteiger partial charge is 0.317 e. The minimum absolute atomic E-state index is 0.0569. The molecule has 0 aromatic heterocycles. The molecule has 2 aromatic carbocycles. The van der Waals surface area contributed by atoms with Gasteiger partial charge in [-0.05, 0) is 30.7 Å². The van der Waals surface area contributed by atoms with E-state index in [1.807, 2.05) is 37.3 Å². The third kappa shape index (κ3) is 3.76. The van der Waals surface area contributed by atoms with Crippen molar-refractivity contribution in [2.45, 2.75) is 38.2 Å². The Morgan fingerprint density at radius 2 is 1.93 bits per heavy atom. The molecule has 142 valence electrons. The predicted molar refractivity (Wildman–Crippen MR) is 98.7 cm³/mol. The van der Waals surface area contributed by atoms with Crippen molar-refractivity contribution >= 4 is 6.03 Å². The first kappa shape index (κ1) is 17.8. The average molecular weight is 370 g/mol. The summed E-state index contributed by atoms with van der Waals surface area (Å²) >= 11 is 0. The Morgan fingerprint density at radius 1 is 1.19 bits per heavy atom. The number of benzene rings is 2. The number of ether oxygens (including phenoxy) is 2. The molecule has 0 bridgehead atoms. The van der Waals surface area contributed by atoms with E-state index in [0.29, 0.717) is 38.3 Å². The fraction of sp³-hybridized carbons (Fsp3) is 0.381. The van der Waals surface area contributed by atoms with Crippen LogP contribution in [0.2, 0.25) is 0 Å². The van der Waals surface area contributed by atoms with Crippen LogP contribution in [0.1, 0.15) is 36.9 Å². The Kier molecular flexibility index (Phi) is 4.74. The number of hydrogen-bond donors (Lipinski definition) is 1. The summed E-state index contributed by atoms with van der Waals surface area (Å²) in [5, 5.41) is 3.04. The van der Waals surface area contributed by atoms with E-state index in [9.17, 15) is 9.18 Å². The maximum Gasteiger partial charge on any atom is 0.317 e. The molecule has 2 heterocycles. The van der Waals surface area contributed by atoms with Gasteiger partial charge in [-0.25, -0.2) is 9.18 Å². The van der Waals surface area contributed by atoms with Crippen LogP contribution in [0.4, 0.5) is 9.18 Å². The van der Waals surface area contributed by atoms with Crippen LogP contribution in [0.3, 0.4) is 0 Å². The van der Waals surface area contributed by atoms with Crippen LogP contribution in [-0.2, 0) is 11.3 Å². The lowest BCUT2D eigenvalue weighted by Crippen LogP contribution is -2.54. The quantitative estimate of drug-likeness (QED) is 0.869. The topological polar surface area (TPSA) is 50.8 Å². The molecule has 1 fully saturated rings. The predicted octanol–water partition coefficient (Wildman–Crippen LogP) is 4.00. The van der Waals surface area contributed by atoms with E-state index in [-0.39, 0.29) is 17.9 Å². The molecule has 4 rings (SSSR count). The van der Waals surface area contributed by atoms with Crippen LogP contribution in [0.25, 0.3) is 0 Å². The first-order chi connectivity index (χ1) is 13.0. The van der Waals surface area contributed by atoms with Crippen molar-refractivity contribution in [1.82, 2.24) is 10.2 Å². The molecule has 5 nitrogen and oxygen atoms in total. The van der Waals surface area contributed by atoms with Gasteiger partial charge < -0.3 is 19.7 Å². The summed E-state index contributed by atoms with van der Waals surface area (Å²) in [6.45, 7) is 3.39. The van der Waals surface area contributed by atoms with Crippen LogP contribution in [-0.4, -0.2) is 29.8 Å². The number of carbonyl (C=O) groups is 1. The van der Waals surface area contributed by atoms with Crippen LogP contribution >= 0.6 is 0 Å². The van der Waals surface area contributed by atoms with Crippen molar-refractivity contribution in [3.63, 3.8) is 0 Å². The summed E-state index contributed by atoms with van der Waals surface area (Å²) < 4.78 is 25.3. The van der Waals surface area contributed by atoms with Gasteiger partial charge in [0.1, 0.15) is 11.6 Å². The molecule has 27 heavy (non-hydrogen) atoms. The van der Waals surface area contributed by atoms with Crippen molar-refractivity contribution in [2.75, 3.05) is 13.1 Å². The number of urea groups is 1. The highest BCUT2D eigenvalue weighted by atomic mass is 19.1. The third-order valence-corrected chi connectivity index (χ3v) is 5.26. The third-order valence-electron chi connectivity index (χ3n) is 5.26. The highest BCUT2D eigenvalue weighted by Gasteiger charge is 2.42. The molecule has 0 radical (unpaired) electrons. The zero-order valence-corrected chi connectivity index (χ0v) is 15.3. The second kappa shape index (κ2) is 7.19. The summed E-state index contributed by atoms with van der Waals surface area (Å²) in [5.74, 6) is -0.360. The highest BCUT2D eigenvalue weighted by molar-refractivity contribution is 5.74. The lowest BCUT2D eigenvalue weighted by atomic mass is 10.0. The Bertz CT molecular complexity index is 819. The lowest BCUT2D eigenvalue weighted by Gasteiger charge is -2.44. The molecule has 2 amide bonds. The zero-order chi connectivity index (χ0) is 18.9. The molecule has 1 saturated heterocycles. The minimum atomic E-state index is -0.730. The van der Waals surface area contributed by atoms with E-state index in [1.54, 1.807) is 11.0 Å². The molecular weight excluding hydrogens is 347 g/mol.